The van der Waals surface area contributed by atoms with Crippen LogP contribution in [0.4, 0.5) is 17.2 Å². The number of hydrogen-bond donors (Lipinski definition) is 2. The summed E-state index contributed by atoms with van der Waals surface area (Å²) in [5.41, 5.74) is 3.62. The maximum atomic E-state index is 13.0. The summed E-state index contributed by atoms with van der Waals surface area (Å²) < 4.78 is 28.6. The molecular weight excluding hydrogens is 595 g/mol. The minimum absolute atomic E-state index is 0. The zero-order chi connectivity index (χ0) is 26.2. The van der Waals surface area contributed by atoms with Crippen LogP contribution in [-0.4, -0.2) is 50.7 Å². The van der Waals surface area contributed by atoms with Gasteiger partial charge in [-0.15, -0.1) is 37.2 Å². The van der Waals surface area contributed by atoms with E-state index in [4.69, 9.17) is 4.98 Å². The number of carboxylic acids is 1. The van der Waals surface area contributed by atoms with E-state index in [2.05, 4.69) is 26.7 Å². The fourth-order valence-corrected chi connectivity index (χ4v) is 6.03. The summed E-state index contributed by atoms with van der Waals surface area (Å²) in [7, 11) is -3.85. The molecule has 2 N–H and O–H groups in total. The molecule has 0 unspecified atom stereocenters. The number of nitrogens with one attached hydrogen (secondary N) is 1. The van der Waals surface area contributed by atoms with Crippen LogP contribution in [0.15, 0.2) is 77.7 Å². The largest absolute Gasteiger partial charge is 0.478 e. The van der Waals surface area contributed by atoms with Crippen molar-refractivity contribution in [1.82, 2.24) is 4.98 Å². The summed E-state index contributed by atoms with van der Waals surface area (Å²) in [6.07, 6.45) is 0. The number of pyridine rings is 1. The van der Waals surface area contributed by atoms with Gasteiger partial charge in [0.1, 0.15) is 5.82 Å². The van der Waals surface area contributed by atoms with Crippen molar-refractivity contribution in [1.29, 1.82) is 0 Å². The number of fused-ring (bicyclic) bond motifs is 1. The predicted octanol–water partition coefficient (Wildman–Crippen LogP) is 5.94. The average Bonchev–Trinajstić information content (AvgIpc) is 2.88. The number of aryl methyl sites for hydroxylation is 2. The molecule has 8 nitrogen and oxygen atoms in total. The summed E-state index contributed by atoms with van der Waals surface area (Å²) in [5.74, 6) is -0.493. The van der Waals surface area contributed by atoms with Crippen LogP contribution in [0.3, 0.4) is 0 Å². The molecule has 2 heterocycles. The van der Waals surface area contributed by atoms with Gasteiger partial charge in [-0.3, -0.25) is 4.72 Å². The maximum Gasteiger partial charge on any atom is 0.336 e. The van der Waals surface area contributed by atoms with Gasteiger partial charge in [0, 0.05) is 42.9 Å². The number of aromatic nitrogens is 1. The highest BCUT2D eigenvalue weighted by molar-refractivity contribution is 7.92. The minimum Gasteiger partial charge on any atom is -0.478 e. The van der Waals surface area contributed by atoms with Crippen molar-refractivity contribution in [2.24, 2.45) is 0 Å². The van der Waals surface area contributed by atoms with Gasteiger partial charge < -0.3 is 14.9 Å². The molecule has 0 saturated carbocycles. The fourth-order valence-electron chi connectivity index (χ4n) is 4.76. The van der Waals surface area contributed by atoms with Gasteiger partial charge in [0.25, 0.3) is 10.0 Å². The number of para-hydroxylation sites is 1. The zero-order valence-electron chi connectivity index (χ0n) is 21.9. The van der Waals surface area contributed by atoms with E-state index in [-0.39, 0.29) is 53.4 Å². The highest BCUT2D eigenvalue weighted by Gasteiger charge is 2.22. The number of rotatable bonds is 6. The Morgan fingerprint density at radius 1 is 0.850 bits per heavy atom. The first-order chi connectivity index (χ1) is 17.7. The summed E-state index contributed by atoms with van der Waals surface area (Å²) in [5, 5.41) is 10.3. The van der Waals surface area contributed by atoms with E-state index in [9.17, 15) is 18.3 Å². The highest BCUT2D eigenvalue weighted by atomic mass is 35.5. The van der Waals surface area contributed by atoms with Crippen molar-refractivity contribution in [3.8, 4) is 0 Å². The lowest BCUT2D eigenvalue weighted by Gasteiger charge is -2.37. The Bertz CT molecular complexity index is 1600. The van der Waals surface area contributed by atoms with Gasteiger partial charge in [0.05, 0.1) is 16.0 Å². The Kier molecular flexibility index (Phi) is 11.1. The lowest BCUT2D eigenvalue weighted by molar-refractivity contribution is 0.0699. The van der Waals surface area contributed by atoms with Crippen molar-refractivity contribution >= 4 is 81.3 Å². The number of anilines is 3. The Labute approximate surface area is 252 Å². The predicted molar refractivity (Wildman–Crippen MR) is 168 cm³/mol. The topological polar surface area (TPSA) is 103 Å². The molecule has 4 aromatic rings. The van der Waals surface area contributed by atoms with E-state index >= 15 is 0 Å². The van der Waals surface area contributed by atoms with Crippen LogP contribution < -0.4 is 14.5 Å². The number of halogens is 3. The number of benzene rings is 3. The first-order valence-corrected chi connectivity index (χ1v) is 13.5. The van der Waals surface area contributed by atoms with Crippen molar-refractivity contribution in [2.75, 3.05) is 40.7 Å². The molecule has 5 rings (SSSR count). The van der Waals surface area contributed by atoms with Gasteiger partial charge >= 0.3 is 5.97 Å². The van der Waals surface area contributed by atoms with Crippen molar-refractivity contribution in [3.05, 3.63) is 89.5 Å². The first kappa shape index (κ1) is 33.0. The molecule has 1 aliphatic rings. The quantitative estimate of drug-likeness (QED) is 0.273. The number of sulfonamides is 1. The normalized spacial score (nSPS) is 13.1. The monoisotopic (exact) mass is 624 g/mol. The molecule has 40 heavy (non-hydrogen) atoms. The third-order valence-electron chi connectivity index (χ3n) is 6.62. The maximum absolute atomic E-state index is 13.0. The number of aromatic carboxylic acids is 1. The van der Waals surface area contributed by atoms with Gasteiger partial charge in [0.2, 0.25) is 0 Å². The Balaban J connectivity index is 0.00000187. The minimum atomic E-state index is -3.85. The third-order valence-corrected chi connectivity index (χ3v) is 8.16. The molecule has 1 saturated heterocycles. The molecule has 1 fully saturated rings. The smallest absolute Gasteiger partial charge is 0.336 e. The van der Waals surface area contributed by atoms with Gasteiger partial charge in [-0.05, 0) is 61.9 Å². The molecule has 214 valence electrons. The molecule has 0 aliphatic carbocycles. The number of carboxylic acid groups (broad SMARTS) is 1. The number of carbonyl (C=O) groups is 1. The molecule has 3 aromatic carbocycles. The standard InChI is InChI=1S/C28H28N4O4S.3ClH/c1-19-8-11-26(20(2)16-19)37(35,36)30-21-9-10-25-23(17-21)24(28(33)34)18-27(29-25)32-14-12-31(13-15-32)22-6-4-3-5-7-22;;;/h3-11,16-18,30H,12-15H2,1-2H3,(H,33,34);3*1H. The van der Waals surface area contributed by atoms with Gasteiger partial charge in [0.15, 0.2) is 0 Å². The van der Waals surface area contributed by atoms with E-state index in [0.717, 1.165) is 24.3 Å². The van der Waals surface area contributed by atoms with Crippen molar-refractivity contribution in [3.63, 3.8) is 0 Å². The summed E-state index contributed by atoms with van der Waals surface area (Å²) >= 11 is 0. The summed E-state index contributed by atoms with van der Waals surface area (Å²) in [4.78, 5) is 21.5. The molecule has 1 aliphatic heterocycles. The molecule has 0 bridgehead atoms. The lowest BCUT2D eigenvalue weighted by atomic mass is 10.1. The Morgan fingerprint density at radius 2 is 1.50 bits per heavy atom. The van der Waals surface area contributed by atoms with Crippen LogP contribution in [0.1, 0.15) is 21.5 Å². The van der Waals surface area contributed by atoms with E-state index in [0.29, 0.717) is 35.4 Å². The molecule has 0 spiro atoms. The first-order valence-electron chi connectivity index (χ1n) is 12.0. The second-order valence-electron chi connectivity index (χ2n) is 9.25. The van der Waals surface area contributed by atoms with Crippen LogP contribution in [0, 0.1) is 13.8 Å². The molecule has 0 radical (unpaired) electrons. The Morgan fingerprint density at radius 3 is 2.12 bits per heavy atom. The molecule has 0 amide bonds. The molecule has 0 atom stereocenters. The number of hydrogen-bond acceptors (Lipinski definition) is 6. The molecule has 12 heteroatoms. The zero-order valence-corrected chi connectivity index (χ0v) is 25.2. The highest BCUT2D eigenvalue weighted by Crippen LogP contribution is 2.29. The van der Waals surface area contributed by atoms with Crippen molar-refractivity contribution < 1.29 is 18.3 Å². The lowest BCUT2D eigenvalue weighted by Crippen LogP contribution is -2.46. The second kappa shape index (κ2) is 13.4. The van der Waals surface area contributed by atoms with E-state index in [1.165, 1.54) is 6.07 Å². The van der Waals surface area contributed by atoms with Gasteiger partial charge in [-0.25, -0.2) is 18.2 Å². The van der Waals surface area contributed by atoms with E-state index in [1.54, 1.807) is 37.3 Å². The molecule has 1 aromatic heterocycles. The summed E-state index contributed by atoms with van der Waals surface area (Å²) in [6.45, 7) is 6.66. The average molecular weight is 626 g/mol. The van der Waals surface area contributed by atoms with Crippen LogP contribution in [0.25, 0.3) is 10.9 Å². The van der Waals surface area contributed by atoms with Crippen LogP contribution >= 0.6 is 37.2 Å². The Hall–Kier alpha value is -3.24. The SMILES string of the molecule is Cc1ccc(S(=O)(=O)Nc2ccc3nc(N4CCN(c5ccccc5)CC4)cc(C(=O)O)c3c2)c(C)c1.Cl.Cl.Cl. The summed E-state index contributed by atoms with van der Waals surface area (Å²) in [6, 6.07) is 21.7. The van der Waals surface area contributed by atoms with Crippen LogP contribution in [-0.2, 0) is 10.0 Å². The fraction of sp³-hybridized carbons (Fsp3) is 0.214. The molecular formula is C28H31Cl3N4O4S. The number of nitrogens with zero attached hydrogens (tertiary/aromatic N) is 3. The van der Waals surface area contributed by atoms with Crippen LogP contribution in [0.5, 0.6) is 0 Å². The third kappa shape index (κ3) is 6.90. The second-order valence-corrected chi connectivity index (χ2v) is 10.9. The van der Waals surface area contributed by atoms with E-state index in [1.807, 2.05) is 31.2 Å². The van der Waals surface area contributed by atoms with Crippen LogP contribution in [0.2, 0.25) is 0 Å². The van der Waals surface area contributed by atoms with Gasteiger partial charge in [-0.2, -0.15) is 0 Å². The van der Waals surface area contributed by atoms with E-state index < -0.39 is 16.0 Å². The number of piperazine rings is 1. The van der Waals surface area contributed by atoms with Crippen molar-refractivity contribution in [2.45, 2.75) is 18.7 Å². The van der Waals surface area contributed by atoms with Gasteiger partial charge in [-0.1, -0.05) is 35.9 Å².